The molecular weight excluding hydrogens is 376 g/mol. The van der Waals surface area contributed by atoms with Crippen molar-refractivity contribution in [3.8, 4) is 10.7 Å². The molecule has 4 heterocycles. The Morgan fingerprint density at radius 2 is 1.85 bits per heavy atom. The topological polar surface area (TPSA) is 60.2 Å². The van der Waals surface area contributed by atoms with E-state index in [0.29, 0.717) is 11.4 Å². The molecule has 140 valence electrons. The first-order chi connectivity index (χ1) is 12.8. The van der Waals surface area contributed by atoms with Crippen LogP contribution in [0.5, 0.6) is 0 Å². The normalized spacial score (nSPS) is 13.0. The number of nitrogens with zero attached hydrogens (tertiary/aromatic N) is 4. The lowest BCUT2D eigenvalue weighted by atomic mass is 10.0. The van der Waals surface area contributed by atoms with Crippen molar-refractivity contribution >= 4 is 38.0 Å². The van der Waals surface area contributed by atoms with E-state index in [9.17, 15) is 4.21 Å². The van der Waals surface area contributed by atoms with E-state index in [1.165, 1.54) is 22.5 Å². The lowest BCUT2D eigenvalue weighted by molar-refractivity contribution is 0.684. The van der Waals surface area contributed by atoms with Gasteiger partial charge in [-0.05, 0) is 62.9 Å². The second kappa shape index (κ2) is 6.49. The quantitative estimate of drug-likeness (QED) is 0.503. The number of hydrogen-bond donors (Lipinski definition) is 0. The molecule has 4 aromatic rings. The van der Waals surface area contributed by atoms with Gasteiger partial charge in [0.25, 0.3) is 0 Å². The van der Waals surface area contributed by atoms with Crippen molar-refractivity contribution in [2.75, 3.05) is 5.75 Å². The summed E-state index contributed by atoms with van der Waals surface area (Å²) in [5.74, 6) is 0.544. The molecule has 0 amide bonds. The molecule has 0 radical (unpaired) electrons. The lowest BCUT2D eigenvalue weighted by Gasteiger charge is -2.12. The van der Waals surface area contributed by atoms with E-state index in [2.05, 4.69) is 32.7 Å². The SMILES string of the molecule is CCS(=O)c1c(-c2nc3cc(C)cnc3s2)nn2c(C)c(C)c(C)c(C)c12. The van der Waals surface area contributed by atoms with Crippen LogP contribution in [0.3, 0.4) is 0 Å². The third-order valence-electron chi connectivity index (χ3n) is 5.26. The van der Waals surface area contributed by atoms with Crippen LogP contribution in [0.4, 0.5) is 0 Å². The summed E-state index contributed by atoms with van der Waals surface area (Å²) in [6.45, 7) is 12.3. The highest BCUT2D eigenvalue weighted by molar-refractivity contribution is 7.85. The van der Waals surface area contributed by atoms with Crippen molar-refractivity contribution in [2.45, 2.75) is 46.4 Å². The zero-order valence-electron chi connectivity index (χ0n) is 16.4. The van der Waals surface area contributed by atoms with Crippen LogP contribution in [0.15, 0.2) is 17.2 Å². The van der Waals surface area contributed by atoms with E-state index in [1.807, 2.05) is 30.6 Å². The largest absolute Gasteiger partial charge is 0.254 e. The van der Waals surface area contributed by atoms with Crippen molar-refractivity contribution in [3.05, 3.63) is 40.2 Å². The van der Waals surface area contributed by atoms with E-state index < -0.39 is 10.8 Å². The van der Waals surface area contributed by atoms with Gasteiger partial charge < -0.3 is 0 Å². The van der Waals surface area contributed by atoms with Crippen molar-refractivity contribution < 1.29 is 4.21 Å². The van der Waals surface area contributed by atoms with E-state index in [4.69, 9.17) is 10.1 Å². The molecule has 0 saturated carbocycles. The molecule has 0 aliphatic heterocycles. The molecule has 4 rings (SSSR count). The van der Waals surface area contributed by atoms with Crippen molar-refractivity contribution in [1.29, 1.82) is 0 Å². The Hall–Kier alpha value is -2.12. The van der Waals surface area contributed by atoms with E-state index in [1.54, 1.807) is 0 Å². The summed E-state index contributed by atoms with van der Waals surface area (Å²) in [4.78, 5) is 10.9. The number of thiazole rings is 1. The van der Waals surface area contributed by atoms with Crippen molar-refractivity contribution in [2.24, 2.45) is 0 Å². The molecule has 0 N–H and O–H groups in total. The van der Waals surface area contributed by atoms with Crippen LogP contribution in [0.1, 0.15) is 34.9 Å². The van der Waals surface area contributed by atoms with Crippen LogP contribution in [-0.2, 0) is 10.8 Å². The van der Waals surface area contributed by atoms with Gasteiger partial charge in [0.15, 0.2) is 0 Å². The Kier molecular flexibility index (Phi) is 4.39. The van der Waals surface area contributed by atoms with Crippen LogP contribution < -0.4 is 0 Å². The number of hydrogen-bond acceptors (Lipinski definition) is 5. The van der Waals surface area contributed by atoms with E-state index in [0.717, 1.165) is 42.6 Å². The maximum atomic E-state index is 13.0. The molecule has 0 fully saturated rings. The van der Waals surface area contributed by atoms with Gasteiger partial charge in [-0.3, -0.25) is 4.21 Å². The van der Waals surface area contributed by atoms with Gasteiger partial charge in [-0.1, -0.05) is 18.3 Å². The molecular formula is C20H22N4OS2. The third-order valence-corrected chi connectivity index (χ3v) is 7.61. The predicted octanol–water partition coefficient (Wildman–Crippen LogP) is 4.68. The minimum Gasteiger partial charge on any atom is -0.254 e. The fourth-order valence-electron chi connectivity index (χ4n) is 3.39. The molecule has 7 heteroatoms. The smallest absolute Gasteiger partial charge is 0.147 e. The maximum Gasteiger partial charge on any atom is 0.147 e. The monoisotopic (exact) mass is 398 g/mol. The fraction of sp³-hybridized carbons (Fsp3) is 0.350. The van der Waals surface area contributed by atoms with Crippen LogP contribution in [0.25, 0.3) is 26.6 Å². The first-order valence-electron chi connectivity index (χ1n) is 8.94. The zero-order valence-corrected chi connectivity index (χ0v) is 18.0. The Balaban J connectivity index is 2.11. The first-order valence-corrected chi connectivity index (χ1v) is 11.1. The highest BCUT2D eigenvalue weighted by Crippen LogP contribution is 2.37. The number of fused-ring (bicyclic) bond motifs is 2. The Morgan fingerprint density at radius 3 is 2.56 bits per heavy atom. The van der Waals surface area contributed by atoms with Gasteiger partial charge in [-0.2, -0.15) is 5.10 Å². The lowest BCUT2D eigenvalue weighted by Crippen LogP contribution is -2.03. The molecule has 0 aromatic carbocycles. The molecule has 4 aromatic heterocycles. The first kappa shape index (κ1) is 18.3. The minimum absolute atomic E-state index is 0.544. The third kappa shape index (κ3) is 2.72. The second-order valence-corrected chi connectivity index (χ2v) is 9.54. The molecule has 0 aliphatic rings. The van der Waals surface area contributed by atoms with Gasteiger partial charge >= 0.3 is 0 Å². The van der Waals surface area contributed by atoms with Gasteiger partial charge in [0, 0.05) is 17.6 Å². The van der Waals surface area contributed by atoms with Crippen LogP contribution in [0, 0.1) is 34.6 Å². The van der Waals surface area contributed by atoms with Crippen LogP contribution in [0.2, 0.25) is 0 Å². The Labute approximate surface area is 164 Å². The van der Waals surface area contributed by atoms with Crippen molar-refractivity contribution in [1.82, 2.24) is 19.6 Å². The Morgan fingerprint density at radius 1 is 1.11 bits per heavy atom. The fourth-order valence-corrected chi connectivity index (χ4v) is 5.43. The van der Waals surface area contributed by atoms with Gasteiger partial charge in [0.05, 0.1) is 21.2 Å². The number of aryl methyl sites for hydroxylation is 3. The van der Waals surface area contributed by atoms with Gasteiger partial charge in [-0.15, -0.1) is 0 Å². The van der Waals surface area contributed by atoms with E-state index in [-0.39, 0.29) is 0 Å². The number of rotatable bonds is 3. The summed E-state index contributed by atoms with van der Waals surface area (Å²) in [5.41, 5.74) is 8.24. The summed E-state index contributed by atoms with van der Waals surface area (Å²) in [7, 11) is -1.14. The Bertz CT molecular complexity index is 1240. The summed E-state index contributed by atoms with van der Waals surface area (Å²) in [6.07, 6.45) is 1.85. The molecule has 0 spiro atoms. The molecule has 5 nitrogen and oxygen atoms in total. The number of pyridine rings is 2. The van der Waals surface area contributed by atoms with Gasteiger partial charge in [-0.25, -0.2) is 14.5 Å². The second-order valence-electron chi connectivity index (χ2n) is 6.89. The molecule has 27 heavy (non-hydrogen) atoms. The molecule has 0 saturated heterocycles. The minimum atomic E-state index is -1.14. The van der Waals surface area contributed by atoms with Gasteiger partial charge in [0.1, 0.15) is 21.0 Å². The highest BCUT2D eigenvalue weighted by atomic mass is 32.2. The summed E-state index contributed by atoms with van der Waals surface area (Å²) in [6, 6.07) is 2.03. The number of aromatic nitrogens is 4. The maximum absolute atomic E-state index is 13.0. The molecule has 1 atom stereocenters. The molecule has 0 aliphatic carbocycles. The average molecular weight is 399 g/mol. The van der Waals surface area contributed by atoms with Crippen molar-refractivity contribution in [3.63, 3.8) is 0 Å². The zero-order chi connectivity index (χ0) is 19.5. The molecule has 1 unspecified atom stereocenters. The van der Waals surface area contributed by atoms with Gasteiger partial charge in [0.2, 0.25) is 0 Å². The summed E-state index contributed by atoms with van der Waals surface area (Å²) < 4.78 is 15.0. The van der Waals surface area contributed by atoms with Crippen LogP contribution in [-0.4, -0.2) is 29.5 Å². The average Bonchev–Trinajstić information content (AvgIpc) is 3.25. The van der Waals surface area contributed by atoms with E-state index >= 15 is 0 Å². The summed E-state index contributed by atoms with van der Waals surface area (Å²) in [5, 5.41) is 5.65. The molecule has 0 bridgehead atoms. The highest BCUT2D eigenvalue weighted by Gasteiger charge is 2.25. The van der Waals surface area contributed by atoms with Crippen LogP contribution >= 0.6 is 11.3 Å². The summed E-state index contributed by atoms with van der Waals surface area (Å²) >= 11 is 1.50. The predicted molar refractivity (Wildman–Crippen MR) is 112 cm³/mol. The standard InChI is InChI=1S/C20H22N4OS2/c1-7-27(25)18-16(20-22-15-8-10(2)9-21-19(15)26-20)23-24-14(6)12(4)11(3)13(5)17(18)24/h8-9H,7H2,1-6H3.